The van der Waals surface area contributed by atoms with Crippen molar-refractivity contribution in [2.24, 2.45) is 0 Å². The number of ketones is 1. The molecule has 0 spiro atoms. The van der Waals surface area contributed by atoms with Crippen LogP contribution in [0.15, 0.2) is 11.8 Å². The van der Waals surface area contributed by atoms with Gasteiger partial charge in [-0.25, -0.2) is 0 Å². The Morgan fingerprint density at radius 2 is 1.90 bits per heavy atom. The summed E-state index contributed by atoms with van der Waals surface area (Å²) in [7, 11) is 0. The van der Waals surface area contributed by atoms with Crippen molar-refractivity contribution in [3.63, 3.8) is 0 Å². The van der Waals surface area contributed by atoms with E-state index < -0.39 is 0 Å². The topological polar surface area (TPSA) is 29.1 Å². The molecule has 0 saturated carbocycles. The minimum absolute atomic E-state index is 0.119. The number of Topliss-reactive ketones (excluding diaryl/α,β-unsaturated/α-hetero) is 1. The first-order valence-corrected chi connectivity index (χ1v) is 3.47. The van der Waals surface area contributed by atoms with Gasteiger partial charge in [0.05, 0.1) is 0 Å². The van der Waals surface area contributed by atoms with Crippen molar-refractivity contribution in [2.45, 2.75) is 33.7 Å². The highest BCUT2D eigenvalue weighted by Gasteiger charge is 1.94. The molecule has 2 heteroatoms. The first-order valence-electron chi connectivity index (χ1n) is 3.47. The fourth-order valence-electron chi connectivity index (χ4n) is 0.393. The van der Waals surface area contributed by atoms with Crippen LogP contribution in [0.1, 0.15) is 27.7 Å². The van der Waals surface area contributed by atoms with Crippen molar-refractivity contribution in [1.29, 1.82) is 0 Å². The van der Waals surface area contributed by atoms with Gasteiger partial charge in [0.25, 0.3) is 0 Å². The van der Waals surface area contributed by atoms with Gasteiger partial charge in [-0.2, -0.15) is 0 Å². The summed E-state index contributed by atoms with van der Waals surface area (Å²) in [6.07, 6.45) is 1.76. The lowest BCUT2D eigenvalue weighted by molar-refractivity contribution is -0.113. The van der Waals surface area contributed by atoms with Crippen molar-refractivity contribution in [3.05, 3.63) is 11.8 Å². The summed E-state index contributed by atoms with van der Waals surface area (Å²) in [5.74, 6) is 0.119. The number of hydrogen-bond acceptors (Lipinski definition) is 2. The lowest BCUT2D eigenvalue weighted by Crippen LogP contribution is -2.16. The van der Waals surface area contributed by atoms with Crippen molar-refractivity contribution in [2.75, 3.05) is 0 Å². The van der Waals surface area contributed by atoms with Gasteiger partial charge in [-0.1, -0.05) is 0 Å². The second kappa shape index (κ2) is 4.09. The van der Waals surface area contributed by atoms with Crippen molar-refractivity contribution < 1.29 is 4.79 Å². The Balaban J connectivity index is 3.81. The predicted octanol–water partition coefficient (Wildman–Crippen LogP) is 1.48. The largest absolute Gasteiger partial charge is 0.388 e. The highest BCUT2D eigenvalue weighted by molar-refractivity contribution is 5.92. The lowest BCUT2D eigenvalue weighted by atomic mass is 10.2. The third kappa shape index (κ3) is 4.13. The Kier molecular flexibility index (Phi) is 3.77. The van der Waals surface area contributed by atoms with Crippen LogP contribution in [0.2, 0.25) is 0 Å². The van der Waals surface area contributed by atoms with Crippen molar-refractivity contribution in [1.82, 2.24) is 5.32 Å². The molecule has 0 aromatic heterocycles. The zero-order chi connectivity index (χ0) is 8.15. The summed E-state index contributed by atoms with van der Waals surface area (Å²) in [5.41, 5.74) is 0.772. The van der Waals surface area contributed by atoms with E-state index in [1.165, 1.54) is 0 Å². The molecule has 0 rings (SSSR count). The van der Waals surface area contributed by atoms with Gasteiger partial charge in [0.2, 0.25) is 0 Å². The minimum Gasteiger partial charge on any atom is -0.388 e. The maximum absolute atomic E-state index is 10.6. The van der Waals surface area contributed by atoms with Gasteiger partial charge in [-0.05, 0) is 27.7 Å². The molecule has 1 N–H and O–H groups in total. The molecule has 0 heterocycles. The van der Waals surface area contributed by atoms with E-state index in [1.807, 2.05) is 13.8 Å². The molecule has 0 bridgehead atoms. The van der Waals surface area contributed by atoms with E-state index in [0.717, 1.165) is 5.57 Å². The average Bonchev–Trinajstić information content (AvgIpc) is 1.82. The lowest BCUT2D eigenvalue weighted by Gasteiger charge is -2.03. The highest BCUT2D eigenvalue weighted by atomic mass is 16.1. The Labute approximate surface area is 62.3 Å². The quantitative estimate of drug-likeness (QED) is 0.603. The first kappa shape index (κ1) is 9.21. The molecule has 0 radical (unpaired) electrons. The van der Waals surface area contributed by atoms with Gasteiger partial charge >= 0.3 is 0 Å². The molecular formula is C8H15NO. The van der Waals surface area contributed by atoms with Crippen LogP contribution in [0, 0.1) is 0 Å². The fourth-order valence-corrected chi connectivity index (χ4v) is 0.393. The highest BCUT2D eigenvalue weighted by Crippen LogP contribution is 1.91. The maximum Gasteiger partial charge on any atom is 0.156 e. The van der Waals surface area contributed by atoms with E-state index >= 15 is 0 Å². The first-order chi connectivity index (χ1) is 4.54. The number of rotatable bonds is 3. The summed E-state index contributed by atoms with van der Waals surface area (Å²) in [6.45, 7) is 7.43. The molecule has 58 valence electrons. The number of hydrogen-bond donors (Lipinski definition) is 1. The van der Waals surface area contributed by atoms with Crippen LogP contribution < -0.4 is 5.32 Å². The monoisotopic (exact) mass is 141 g/mol. The second-order valence-electron chi connectivity index (χ2n) is 2.70. The zero-order valence-corrected chi connectivity index (χ0v) is 7.06. The molecule has 0 aromatic rings. The zero-order valence-electron chi connectivity index (χ0n) is 7.06. The molecule has 0 unspecified atom stereocenters. The van der Waals surface area contributed by atoms with Crippen LogP contribution in [-0.4, -0.2) is 11.8 Å². The number of nitrogens with one attached hydrogen (secondary N) is 1. The van der Waals surface area contributed by atoms with E-state index in [-0.39, 0.29) is 5.78 Å². The van der Waals surface area contributed by atoms with Crippen LogP contribution >= 0.6 is 0 Å². The van der Waals surface area contributed by atoms with Crippen LogP contribution in [0.3, 0.4) is 0 Å². The number of carbonyl (C=O) groups is 1. The second-order valence-corrected chi connectivity index (χ2v) is 2.70. The van der Waals surface area contributed by atoms with Gasteiger partial charge < -0.3 is 5.32 Å². The molecule has 0 aromatic carbocycles. The molecule has 0 saturated heterocycles. The van der Waals surface area contributed by atoms with Gasteiger partial charge in [-0.15, -0.1) is 0 Å². The molecule has 2 nitrogen and oxygen atoms in total. The minimum atomic E-state index is 0.119. The van der Waals surface area contributed by atoms with E-state index in [4.69, 9.17) is 0 Å². The fraction of sp³-hybridized carbons (Fsp3) is 0.625. The average molecular weight is 141 g/mol. The van der Waals surface area contributed by atoms with E-state index in [0.29, 0.717) is 6.04 Å². The van der Waals surface area contributed by atoms with E-state index in [1.54, 1.807) is 20.0 Å². The number of carbonyl (C=O) groups excluding carboxylic acids is 1. The van der Waals surface area contributed by atoms with E-state index in [2.05, 4.69) is 5.32 Å². The molecule has 0 aliphatic heterocycles. The summed E-state index contributed by atoms with van der Waals surface area (Å²) >= 11 is 0. The summed E-state index contributed by atoms with van der Waals surface area (Å²) in [5, 5.41) is 3.04. The Bertz CT molecular complexity index is 147. The molecular weight excluding hydrogens is 126 g/mol. The Morgan fingerprint density at radius 3 is 2.20 bits per heavy atom. The Morgan fingerprint density at radius 1 is 1.40 bits per heavy atom. The summed E-state index contributed by atoms with van der Waals surface area (Å²) in [4.78, 5) is 10.6. The van der Waals surface area contributed by atoms with Gasteiger partial charge in [0.15, 0.2) is 5.78 Å². The van der Waals surface area contributed by atoms with Gasteiger partial charge in [-0.3, -0.25) is 4.79 Å². The van der Waals surface area contributed by atoms with Gasteiger partial charge in [0, 0.05) is 17.8 Å². The van der Waals surface area contributed by atoms with Crippen molar-refractivity contribution in [3.8, 4) is 0 Å². The summed E-state index contributed by atoms with van der Waals surface area (Å²) < 4.78 is 0. The standard InChI is InChI=1S/C8H15NO/c1-6(2)9-5-7(3)8(4)10/h5-6,9H,1-4H3/b7-5+. The third-order valence-corrected chi connectivity index (χ3v) is 1.19. The van der Waals surface area contributed by atoms with Crippen LogP contribution in [0.25, 0.3) is 0 Å². The molecule has 0 aliphatic rings. The van der Waals surface area contributed by atoms with Crippen LogP contribution in [0.5, 0.6) is 0 Å². The maximum atomic E-state index is 10.6. The van der Waals surface area contributed by atoms with E-state index in [9.17, 15) is 4.79 Å². The van der Waals surface area contributed by atoms with Crippen LogP contribution in [0.4, 0.5) is 0 Å². The Hall–Kier alpha value is -0.790. The molecule has 0 atom stereocenters. The molecule has 0 aliphatic carbocycles. The molecule has 10 heavy (non-hydrogen) atoms. The van der Waals surface area contributed by atoms with Gasteiger partial charge in [0.1, 0.15) is 0 Å². The smallest absolute Gasteiger partial charge is 0.156 e. The third-order valence-electron chi connectivity index (χ3n) is 1.19. The van der Waals surface area contributed by atoms with Crippen molar-refractivity contribution >= 4 is 5.78 Å². The SMILES string of the molecule is CC(=O)/C(C)=C/NC(C)C. The predicted molar refractivity (Wildman–Crippen MR) is 42.7 cm³/mol. The summed E-state index contributed by atoms with van der Waals surface area (Å²) in [6, 6.07) is 0.397. The molecule has 0 fully saturated rings. The normalized spacial score (nSPS) is 11.9. The number of allylic oxidation sites excluding steroid dienone is 1. The molecule has 0 amide bonds. The van der Waals surface area contributed by atoms with Crippen LogP contribution in [-0.2, 0) is 4.79 Å².